The molecule has 1 saturated heterocycles. The first-order chi connectivity index (χ1) is 14.4. The van der Waals surface area contributed by atoms with Crippen LogP contribution in [-0.4, -0.2) is 34.8 Å². The number of rotatable bonds is 5. The van der Waals surface area contributed by atoms with Crippen LogP contribution in [0, 0.1) is 18.7 Å². The Labute approximate surface area is 176 Å². The Kier molecular flexibility index (Phi) is 5.58. The zero-order valence-electron chi connectivity index (χ0n) is 17.6. The van der Waals surface area contributed by atoms with Crippen LogP contribution in [0.2, 0.25) is 0 Å². The van der Waals surface area contributed by atoms with Crippen molar-refractivity contribution in [1.29, 1.82) is 0 Å². The first-order valence-corrected chi connectivity index (χ1v) is 10.8. The van der Waals surface area contributed by atoms with Crippen molar-refractivity contribution in [3.63, 3.8) is 0 Å². The molecule has 0 radical (unpaired) electrons. The number of benzene rings is 1. The molecule has 1 unspecified atom stereocenters. The van der Waals surface area contributed by atoms with Gasteiger partial charge in [-0.15, -0.1) is 0 Å². The second kappa shape index (κ2) is 8.17. The molecule has 5 nitrogen and oxygen atoms in total. The zero-order chi connectivity index (χ0) is 21.4. The number of carbonyl (C=O) groups is 2. The van der Waals surface area contributed by atoms with Gasteiger partial charge in [-0.25, -0.2) is 4.39 Å². The van der Waals surface area contributed by atoms with E-state index >= 15 is 0 Å². The SMILES string of the molecule is CCC1CCCN(C(=O)c2ccc(-c3c(C)c(F)cc(C(N)=O)c3C3CC3)nc2)C1. The molecular weight excluding hydrogens is 381 g/mol. The van der Waals surface area contributed by atoms with Gasteiger partial charge < -0.3 is 10.6 Å². The standard InChI is InChI=1S/C24H28FN3O2/c1-3-15-5-4-10-28(13-15)24(30)17-8-9-20(27-12-17)21-14(2)19(25)11-18(23(26)29)22(21)16-6-7-16/h8-9,11-12,15-16H,3-7,10,13H2,1-2H3,(H2,26,29). The lowest BCUT2D eigenvalue weighted by Crippen LogP contribution is -2.39. The summed E-state index contributed by atoms with van der Waals surface area (Å²) in [4.78, 5) is 31.3. The highest BCUT2D eigenvalue weighted by Gasteiger charge is 2.33. The fraction of sp³-hybridized carbons (Fsp3) is 0.458. The minimum Gasteiger partial charge on any atom is -0.366 e. The molecule has 158 valence electrons. The summed E-state index contributed by atoms with van der Waals surface area (Å²) in [7, 11) is 0. The third-order valence-corrected chi connectivity index (χ3v) is 6.46. The molecule has 30 heavy (non-hydrogen) atoms. The van der Waals surface area contributed by atoms with Crippen LogP contribution in [0.3, 0.4) is 0 Å². The van der Waals surface area contributed by atoms with Gasteiger partial charge in [-0.2, -0.15) is 0 Å². The summed E-state index contributed by atoms with van der Waals surface area (Å²) in [6.45, 7) is 5.41. The Morgan fingerprint density at radius 3 is 2.63 bits per heavy atom. The van der Waals surface area contributed by atoms with Crippen LogP contribution < -0.4 is 5.73 Å². The summed E-state index contributed by atoms with van der Waals surface area (Å²) in [6, 6.07) is 4.76. The van der Waals surface area contributed by atoms with Gasteiger partial charge in [-0.3, -0.25) is 14.6 Å². The average molecular weight is 410 g/mol. The number of primary amides is 1. The van der Waals surface area contributed by atoms with Crippen LogP contribution in [0.25, 0.3) is 11.3 Å². The molecule has 2 aromatic rings. The highest BCUT2D eigenvalue weighted by molar-refractivity contribution is 5.98. The molecule has 1 aliphatic carbocycles. The Morgan fingerprint density at radius 1 is 1.27 bits per heavy atom. The summed E-state index contributed by atoms with van der Waals surface area (Å²) in [5, 5.41) is 0. The van der Waals surface area contributed by atoms with E-state index in [4.69, 9.17) is 5.73 Å². The first-order valence-electron chi connectivity index (χ1n) is 10.8. The second-order valence-electron chi connectivity index (χ2n) is 8.56. The van der Waals surface area contributed by atoms with Crippen LogP contribution in [0.5, 0.6) is 0 Å². The van der Waals surface area contributed by atoms with Gasteiger partial charge in [0.15, 0.2) is 0 Å². The number of hydrogen-bond acceptors (Lipinski definition) is 3. The Balaban J connectivity index is 1.68. The van der Waals surface area contributed by atoms with E-state index in [2.05, 4.69) is 11.9 Å². The van der Waals surface area contributed by atoms with E-state index in [1.165, 1.54) is 12.5 Å². The lowest BCUT2D eigenvalue weighted by molar-refractivity contribution is 0.0670. The van der Waals surface area contributed by atoms with Crippen molar-refractivity contribution in [2.75, 3.05) is 13.1 Å². The number of pyridine rings is 1. The lowest BCUT2D eigenvalue weighted by Gasteiger charge is -2.32. The van der Waals surface area contributed by atoms with Gasteiger partial charge in [0.25, 0.3) is 5.91 Å². The molecule has 2 N–H and O–H groups in total. The maximum absolute atomic E-state index is 14.6. The predicted molar refractivity (Wildman–Crippen MR) is 114 cm³/mol. The average Bonchev–Trinajstić information content (AvgIpc) is 3.60. The summed E-state index contributed by atoms with van der Waals surface area (Å²) < 4.78 is 14.6. The highest BCUT2D eigenvalue weighted by atomic mass is 19.1. The van der Waals surface area contributed by atoms with Gasteiger partial charge in [-0.05, 0) is 73.8 Å². The molecule has 2 aliphatic rings. The molecule has 0 bridgehead atoms. The van der Waals surface area contributed by atoms with Gasteiger partial charge in [0.05, 0.1) is 11.3 Å². The number of amides is 2. The van der Waals surface area contributed by atoms with Gasteiger partial charge in [0, 0.05) is 30.4 Å². The van der Waals surface area contributed by atoms with Crippen molar-refractivity contribution >= 4 is 11.8 Å². The zero-order valence-corrected chi connectivity index (χ0v) is 17.6. The lowest BCUT2D eigenvalue weighted by atomic mass is 9.90. The fourth-order valence-corrected chi connectivity index (χ4v) is 4.53. The van der Waals surface area contributed by atoms with E-state index in [1.54, 1.807) is 25.3 Å². The predicted octanol–water partition coefficient (Wildman–Crippen LogP) is 4.43. The molecule has 1 saturated carbocycles. The molecular formula is C24H28FN3O2. The number of likely N-dealkylation sites (tertiary alicyclic amines) is 1. The van der Waals surface area contributed by atoms with Crippen molar-refractivity contribution in [3.05, 3.63) is 52.5 Å². The minimum absolute atomic E-state index is 0.0107. The second-order valence-corrected chi connectivity index (χ2v) is 8.56. The largest absolute Gasteiger partial charge is 0.366 e. The van der Waals surface area contributed by atoms with Crippen LogP contribution in [0.15, 0.2) is 24.4 Å². The summed E-state index contributed by atoms with van der Waals surface area (Å²) in [6.07, 6.45) is 6.73. The normalized spacial score (nSPS) is 19.0. The van der Waals surface area contributed by atoms with Crippen LogP contribution in [0.4, 0.5) is 4.39 Å². The molecule has 1 aromatic carbocycles. The van der Waals surface area contributed by atoms with Crippen molar-refractivity contribution < 1.29 is 14.0 Å². The fourth-order valence-electron chi connectivity index (χ4n) is 4.53. The smallest absolute Gasteiger partial charge is 0.255 e. The summed E-state index contributed by atoms with van der Waals surface area (Å²) in [5.74, 6) is -0.352. The Hall–Kier alpha value is -2.76. The molecule has 1 aromatic heterocycles. The van der Waals surface area contributed by atoms with E-state index in [1.807, 2.05) is 4.90 Å². The molecule has 6 heteroatoms. The number of aromatic nitrogens is 1. The maximum atomic E-state index is 14.6. The summed E-state index contributed by atoms with van der Waals surface area (Å²) in [5.41, 5.74) is 8.75. The first kappa shape index (κ1) is 20.5. The van der Waals surface area contributed by atoms with Crippen molar-refractivity contribution in [3.8, 4) is 11.3 Å². The van der Waals surface area contributed by atoms with E-state index in [0.717, 1.165) is 44.3 Å². The van der Waals surface area contributed by atoms with E-state index < -0.39 is 11.7 Å². The van der Waals surface area contributed by atoms with Crippen LogP contribution in [-0.2, 0) is 0 Å². The third-order valence-electron chi connectivity index (χ3n) is 6.46. The van der Waals surface area contributed by atoms with Gasteiger partial charge in [0.1, 0.15) is 5.82 Å². The number of carbonyl (C=O) groups excluding carboxylic acids is 2. The molecule has 1 aliphatic heterocycles. The number of halogens is 1. The molecule has 4 rings (SSSR count). The topological polar surface area (TPSA) is 76.3 Å². The van der Waals surface area contributed by atoms with E-state index in [0.29, 0.717) is 28.3 Å². The van der Waals surface area contributed by atoms with Crippen molar-refractivity contribution in [2.45, 2.75) is 51.9 Å². The molecule has 1 atom stereocenters. The van der Waals surface area contributed by atoms with Gasteiger partial charge in [-0.1, -0.05) is 13.3 Å². The molecule has 2 fully saturated rings. The maximum Gasteiger partial charge on any atom is 0.255 e. The molecule has 0 spiro atoms. The molecule has 2 amide bonds. The van der Waals surface area contributed by atoms with Gasteiger partial charge in [0.2, 0.25) is 5.91 Å². The van der Waals surface area contributed by atoms with Crippen LogP contribution >= 0.6 is 0 Å². The Bertz CT molecular complexity index is 983. The van der Waals surface area contributed by atoms with E-state index in [-0.39, 0.29) is 17.4 Å². The molecule has 2 heterocycles. The van der Waals surface area contributed by atoms with Crippen molar-refractivity contribution in [2.24, 2.45) is 11.7 Å². The minimum atomic E-state index is -0.626. The van der Waals surface area contributed by atoms with Crippen LogP contribution in [0.1, 0.15) is 76.8 Å². The monoisotopic (exact) mass is 409 g/mol. The van der Waals surface area contributed by atoms with Gasteiger partial charge >= 0.3 is 0 Å². The number of nitrogens with two attached hydrogens (primary N) is 1. The van der Waals surface area contributed by atoms with Crippen molar-refractivity contribution in [1.82, 2.24) is 9.88 Å². The third kappa shape index (κ3) is 3.83. The number of nitrogens with zero attached hydrogens (tertiary/aromatic N) is 2. The number of hydrogen-bond donors (Lipinski definition) is 1. The van der Waals surface area contributed by atoms with E-state index in [9.17, 15) is 14.0 Å². The summed E-state index contributed by atoms with van der Waals surface area (Å²) >= 11 is 0. The quantitative estimate of drug-likeness (QED) is 0.793. The Morgan fingerprint density at radius 2 is 2.03 bits per heavy atom. The number of piperidine rings is 1. The highest BCUT2D eigenvalue weighted by Crippen LogP contribution is 2.47.